The van der Waals surface area contributed by atoms with Crippen LogP contribution in [0.15, 0.2) is 0 Å². The summed E-state index contributed by atoms with van der Waals surface area (Å²) in [5, 5.41) is 0. The van der Waals surface area contributed by atoms with Gasteiger partial charge in [-0.2, -0.15) is 0 Å². The average Bonchev–Trinajstić information content (AvgIpc) is 2.96. The van der Waals surface area contributed by atoms with Crippen LogP contribution in [0.25, 0.3) is 0 Å². The van der Waals surface area contributed by atoms with Crippen molar-refractivity contribution in [2.45, 2.75) is 227 Å². The van der Waals surface area contributed by atoms with Crippen molar-refractivity contribution >= 4 is 0 Å². The van der Waals surface area contributed by atoms with Crippen LogP contribution in [0.1, 0.15) is 227 Å². The Bertz CT molecular complexity index is 389. The van der Waals surface area contributed by atoms with Gasteiger partial charge in [0.05, 0.1) is 26.2 Å². The summed E-state index contributed by atoms with van der Waals surface area (Å²) in [6.45, 7) is 15.3. The molecule has 0 spiro atoms. The van der Waals surface area contributed by atoms with E-state index in [1.54, 1.807) is 0 Å². The van der Waals surface area contributed by atoms with Crippen LogP contribution in [0, 0.1) is 0 Å². The normalized spacial score (nSPS) is 12.0. The van der Waals surface area contributed by atoms with Gasteiger partial charge in [0.25, 0.3) is 0 Å². The summed E-state index contributed by atoms with van der Waals surface area (Å²) in [5.41, 5.74) is 0. The largest absolute Gasteiger partial charge is 0.324 e. The van der Waals surface area contributed by atoms with Crippen molar-refractivity contribution < 1.29 is 4.48 Å². The van der Waals surface area contributed by atoms with Crippen LogP contribution in [-0.2, 0) is 0 Å². The first-order chi connectivity index (χ1) is 19.7. The van der Waals surface area contributed by atoms with E-state index in [-0.39, 0.29) is 0 Å². The molecule has 0 aliphatic carbocycles. The highest BCUT2D eigenvalue weighted by Gasteiger charge is 2.25. The fraction of sp³-hybridized carbons (Fsp3) is 1.00. The number of unbranched alkanes of at least 4 members (excludes halogenated alkanes) is 27. The average molecular weight is 565 g/mol. The number of hydrogen-bond acceptors (Lipinski definition) is 0. The van der Waals surface area contributed by atoms with E-state index in [9.17, 15) is 0 Å². The predicted octanol–water partition coefficient (Wildman–Crippen LogP) is 14.0. The quantitative estimate of drug-likeness (QED) is 0.0530. The van der Waals surface area contributed by atoms with Crippen LogP contribution < -0.4 is 0 Å². The molecule has 0 aromatic carbocycles. The Morgan fingerprint density at radius 2 is 0.350 bits per heavy atom. The van der Waals surface area contributed by atoms with Crippen LogP contribution in [0.4, 0.5) is 0 Å². The lowest BCUT2D eigenvalue weighted by Crippen LogP contribution is -2.50. The maximum atomic E-state index is 2.37. The molecule has 0 bridgehead atoms. The van der Waals surface area contributed by atoms with Gasteiger partial charge >= 0.3 is 0 Å². The zero-order valence-electron chi connectivity index (χ0n) is 29.2. The van der Waals surface area contributed by atoms with Crippen LogP contribution in [0.2, 0.25) is 0 Å². The molecular formula is C39H82N+. The van der Waals surface area contributed by atoms with Gasteiger partial charge in [-0.15, -0.1) is 0 Å². The lowest BCUT2D eigenvalue weighted by atomic mass is 10.0. The van der Waals surface area contributed by atoms with Crippen molar-refractivity contribution in [1.82, 2.24) is 0 Å². The molecule has 0 fully saturated rings. The first-order valence-electron chi connectivity index (χ1n) is 19.6. The second-order valence-corrected chi connectivity index (χ2v) is 13.8. The molecule has 0 saturated carbocycles. The highest BCUT2D eigenvalue weighted by atomic mass is 15.3. The summed E-state index contributed by atoms with van der Waals surface area (Å²) in [6, 6.07) is 0. The Labute approximate surface area is 257 Å². The molecular weight excluding hydrogens is 482 g/mol. The summed E-state index contributed by atoms with van der Waals surface area (Å²) in [4.78, 5) is 0. The molecule has 0 aliphatic rings. The molecule has 0 N–H and O–H groups in total. The van der Waals surface area contributed by atoms with Crippen molar-refractivity contribution in [3.05, 3.63) is 0 Å². The zero-order valence-corrected chi connectivity index (χ0v) is 29.2. The smallest absolute Gasteiger partial charge is 0.0786 e. The Balaban J connectivity index is 4.67. The van der Waals surface area contributed by atoms with Crippen LogP contribution >= 0.6 is 0 Å². The fourth-order valence-corrected chi connectivity index (χ4v) is 6.82. The predicted molar refractivity (Wildman–Crippen MR) is 186 cm³/mol. The number of rotatable bonds is 35. The van der Waals surface area contributed by atoms with Crippen molar-refractivity contribution in [3.63, 3.8) is 0 Å². The fourth-order valence-electron chi connectivity index (χ4n) is 6.82. The van der Waals surface area contributed by atoms with Crippen molar-refractivity contribution in [1.29, 1.82) is 0 Å². The highest BCUT2D eigenvalue weighted by molar-refractivity contribution is 4.55. The topological polar surface area (TPSA) is 0 Å². The maximum absolute atomic E-state index is 2.37. The summed E-state index contributed by atoms with van der Waals surface area (Å²) in [5.74, 6) is 0. The molecule has 0 aromatic rings. The number of hydrogen-bond donors (Lipinski definition) is 0. The molecule has 40 heavy (non-hydrogen) atoms. The lowest BCUT2D eigenvalue weighted by molar-refractivity contribution is -0.929. The third-order valence-corrected chi connectivity index (χ3v) is 9.69. The molecule has 0 rings (SSSR count). The highest BCUT2D eigenvalue weighted by Crippen LogP contribution is 2.21. The van der Waals surface area contributed by atoms with Gasteiger partial charge < -0.3 is 4.48 Å². The van der Waals surface area contributed by atoms with E-state index in [2.05, 4.69) is 27.7 Å². The van der Waals surface area contributed by atoms with E-state index in [0.717, 1.165) is 0 Å². The summed E-state index contributed by atoms with van der Waals surface area (Å²) in [6.07, 6.45) is 45.2. The summed E-state index contributed by atoms with van der Waals surface area (Å²) < 4.78 is 1.48. The van der Waals surface area contributed by atoms with Crippen molar-refractivity contribution in [3.8, 4) is 0 Å². The van der Waals surface area contributed by atoms with Gasteiger partial charge in [-0.25, -0.2) is 0 Å². The van der Waals surface area contributed by atoms with Gasteiger partial charge in [0.2, 0.25) is 0 Å². The molecule has 0 saturated heterocycles. The zero-order chi connectivity index (χ0) is 29.2. The standard InChI is InChI=1S/C39H82N/c1-5-9-13-17-20-23-26-29-33-37-40(36-32-16-12-8-4,38-34-30-27-24-21-18-14-10-6-2)39-35-31-28-25-22-19-15-11-7-3/h5-39H2,1-4H3/q+1. The molecule has 0 aliphatic heterocycles. The van der Waals surface area contributed by atoms with E-state index in [1.807, 2.05) is 0 Å². The molecule has 0 unspecified atom stereocenters. The van der Waals surface area contributed by atoms with E-state index in [4.69, 9.17) is 0 Å². The second-order valence-electron chi connectivity index (χ2n) is 13.8. The Morgan fingerprint density at radius 1 is 0.200 bits per heavy atom. The van der Waals surface area contributed by atoms with Crippen molar-refractivity contribution in [2.75, 3.05) is 26.2 Å². The summed E-state index contributed by atoms with van der Waals surface area (Å²) in [7, 11) is 0. The van der Waals surface area contributed by atoms with Gasteiger partial charge in [-0.1, -0.05) is 175 Å². The van der Waals surface area contributed by atoms with Crippen LogP contribution in [0.3, 0.4) is 0 Å². The molecule has 0 aromatic heterocycles. The third-order valence-electron chi connectivity index (χ3n) is 9.69. The first kappa shape index (κ1) is 40.0. The number of nitrogens with zero attached hydrogens (tertiary/aromatic N) is 1. The lowest BCUT2D eigenvalue weighted by Gasteiger charge is -2.40. The van der Waals surface area contributed by atoms with Gasteiger partial charge in [-0.05, 0) is 51.4 Å². The van der Waals surface area contributed by atoms with E-state index < -0.39 is 0 Å². The van der Waals surface area contributed by atoms with E-state index in [1.165, 1.54) is 230 Å². The monoisotopic (exact) mass is 565 g/mol. The van der Waals surface area contributed by atoms with E-state index >= 15 is 0 Å². The molecule has 0 heterocycles. The molecule has 1 nitrogen and oxygen atoms in total. The van der Waals surface area contributed by atoms with Gasteiger partial charge in [0, 0.05) is 0 Å². The van der Waals surface area contributed by atoms with Crippen LogP contribution in [-0.4, -0.2) is 30.7 Å². The minimum Gasteiger partial charge on any atom is -0.324 e. The van der Waals surface area contributed by atoms with Gasteiger partial charge in [0.1, 0.15) is 0 Å². The Morgan fingerprint density at radius 3 is 0.550 bits per heavy atom. The minimum absolute atomic E-state index is 1.37. The first-order valence-corrected chi connectivity index (χ1v) is 19.6. The van der Waals surface area contributed by atoms with Crippen molar-refractivity contribution in [2.24, 2.45) is 0 Å². The minimum atomic E-state index is 1.37. The summed E-state index contributed by atoms with van der Waals surface area (Å²) >= 11 is 0. The van der Waals surface area contributed by atoms with Crippen LogP contribution in [0.5, 0.6) is 0 Å². The van der Waals surface area contributed by atoms with Gasteiger partial charge in [-0.3, -0.25) is 0 Å². The number of quaternary nitrogens is 1. The van der Waals surface area contributed by atoms with E-state index in [0.29, 0.717) is 0 Å². The third kappa shape index (κ3) is 28.1. The second kappa shape index (κ2) is 33.5. The molecule has 0 amide bonds. The molecule has 0 radical (unpaired) electrons. The SMILES string of the molecule is CCCCCCCCCCC[N+](CCCCCC)(CCCCCCCCCCC)CCCCCCCCCCC. The maximum Gasteiger partial charge on any atom is 0.0786 e. The molecule has 1 heteroatoms. The molecule has 242 valence electrons. The Hall–Kier alpha value is -0.0400. The molecule has 0 atom stereocenters. The van der Waals surface area contributed by atoms with Gasteiger partial charge in [0.15, 0.2) is 0 Å². The Kier molecular flexibility index (Phi) is 33.4.